The van der Waals surface area contributed by atoms with Gasteiger partial charge in [0.1, 0.15) is 5.75 Å². The molecule has 2 aromatic rings. The molecule has 0 aromatic heterocycles. The molecule has 2 rings (SSSR count). The first-order valence-electron chi connectivity index (χ1n) is 6.64. The van der Waals surface area contributed by atoms with Gasteiger partial charge in [0.15, 0.2) is 0 Å². The van der Waals surface area contributed by atoms with E-state index >= 15 is 0 Å². The Hall–Kier alpha value is -1.76. The average molecular weight is 240 g/mol. The van der Waals surface area contributed by atoms with Gasteiger partial charge in [-0.15, -0.1) is 0 Å². The highest BCUT2D eigenvalue weighted by atomic mass is 16.5. The number of benzene rings is 2. The predicted octanol–water partition coefficient (Wildman–Crippen LogP) is 4.26. The van der Waals surface area contributed by atoms with E-state index in [0.717, 1.165) is 31.6 Å². The van der Waals surface area contributed by atoms with Crippen LogP contribution in [0.2, 0.25) is 0 Å². The summed E-state index contributed by atoms with van der Waals surface area (Å²) in [6.45, 7) is 2.97. The monoisotopic (exact) mass is 240 g/mol. The van der Waals surface area contributed by atoms with Gasteiger partial charge < -0.3 is 4.74 Å². The quantitative estimate of drug-likeness (QED) is 0.685. The SMILES string of the molecule is CCc1cccc(CCCOc2ccccc2)c1. The molecule has 0 aliphatic heterocycles. The second-order valence-electron chi connectivity index (χ2n) is 4.44. The summed E-state index contributed by atoms with van der Waals surface area (Å²) in [7, 11) is 0. The van der Waals surface area contributed by atoms with Gasteiger partial charge in [0.2, 0.25) is 0 Å². The molecule has 94 valence electrons. The molecular formula is C17H20O. The van der Waals surface area contributed by atoms with E-state index in [2.05, 4.69) is 31.2 Å². The van der Waals surface area contributed by atoms with Gasteiger partial charge in [0, 0.05) is 0 Å². The van der Waals surface area contributed by atoms with E-state index in [-0.39, 0.29) is 0 Å². The molecule has 0 N–H and O–H groups in total. The Balaban J connectivity index is 1.75. The Bertz CT molecular complexity index is 462. The maximum absolute atomic E-state index is 5.68. The molecule has 2 aromatic carbocycles. The van der Waals surface area contributed by atoms with Gasteiger partial charge in [-0.1, -0.05) is 49.4 Å². The van der Waals surface area contributed by atoms with Crippen molar-refractivity contribution in [2.24, 2.45) is 0 Å². The molecule has 1 nitrogen and oxygen atoms in total. The Labute approximate surface area is 109 Å². The van der Waals surface area contributed by atoms with E-state index in [1.54, 1.807) is 0 Å². The summed E-state index contributed by atoms with van der Waals surface area (Å²) < 4.78 is 5.68. The van der Waals surface area contributed by atoms with Crippen molar-refractivity contribution in [3.8, 4) is 5.75 Å². The Kier molecular flexibility index (Phi) is 4.83. The summed E-state index contributed by atoms with van der Waals surface area (Å²) in [5.74, 6) is 0.958. The standard InChI is InChI=1S/C17H20O/c1-2-15-8-6-9-16(14-15)10-7-13-18-17-11-4-3-5-12-17/h3-6,8-9,11-12,14H,2,7,10,13H2,1H3. The van der Waals surface area contributed by atoms with Crippen LogP contribution in [0.4, 0.5) is 0 Å². The molecule has 0 saturated heterocycles. The van der Waals surface area contributed by atoms with Crippen LogP contribution < -0.4 is 4.74 Å². The van der Waals surface area contributed by atoms with Gasteiger partial charge in [-0.2, -0.15) is 0 Å². The van der Waals surface area contributed by atoms with Crippen molar-refractivity contribution in [3.05, 3.63) is 65.7 Å². The second kappa shape index (κ2) is 6.85. The van der Waals surface area contributed by atoms with Crippen LogP contribution in [-0.4, -0.2) is 6.61 Å². The van der Waals surface area contributed by atoms with Crippen LogP contribution in [0.3, 0.4) is 0 Å². The fourth-order valence-corrected chi connectivity index (χ4v) is 1.99. The number of hydrogen-bond donors (Lipinski definition) is 0. The fourth-order valence-electron chi connectivity index (χ4n) is 1.99. The molecule has 0 heterocycles. The molecule has 0 saturated carbocycles. The van der Waals surface area contributed by atoms with Crippen molar-refractivity contribution in [2.45, 2.75) is 26.2 Å². The topological polar surface area (TPSA) is 9.23 Å². The number of rotatable bonds is 6. The van der Waals surface area contributed by atoms with Crippen molar-refractivity contribution in [3.63, 3.8) is 0 Å². The average Bonchev–Trinajstić information content (AvgIpc) is 2.45. The molecule has 1 heteroatoms. The zero-order valence-corrected chi connectivity index (χ0v) is 10.9. The van der Waals surface area contributed by atoms with Gasteiger partial charge >= 0.3 is 0 Å². The third-order valence-corrected chi connectivity index (χ3v) is 3.02. The normalized spacial score (nSPS) is 10.3. The summed E-state index contributed by atoms with van der Waals surface area (Å²) in [6, 6.07) is 18.8. The molecule has 0 fully saturated rings. The molecular weight excluding hydrogens is 220 g/mol. The summed E-state index contributed by atoms with van der Waals surface area (Å²) in [5, 5.41) is 0. The molecule has 0 atom stereocenters. The summed E-state index contributed by atoms with van der Waals surface area (Å²) in [6.07, 6.45) is 3.25. The third-order valence-electron chi connectivity index (χ3n) is 3.02. The molecule has 0 bridgehead atoms. The van der Waals surface area contributed by atoms with E-state index in [9.17, 15) is 0 Å². The van der Waals surface area contributed by atoms with Crippen LogP contribution in [0, 0.1) is 0 Å². The smallest absolute Gasteiger partial charge is 0.119 e. The van der Waals surface area contributed by atoms with Gasteiger partial charge in [-0.3, -0.25) is 0 Å². The van der Waals surface area contributed by atoms with Crippen LogP contribution in [0.25, 0.3) is 0 Å². The largest absolute Gasteiger partial charge is 0.494 e. The second-order valence-corrected chi connectivity index (χ2v) is 4.44. The van der Waals surface area contributed by atoms with Gasteiger partial charge in [-0.25, -0.2) is 0 Å². The van der Waals surface area contributed by atoms with E-state index < -0.39 is 0 Å². The van der Waals surface area contributed by atoms with Gasteiger partial charge in [-0.05, 0) is 42.5 Å². The molecule has 18 heavy (non-hydrogen) atoms. The van der Waals surface area contributed by atoms with Gasteiger partial charge in [0.05, 0.1) is 6.61 Å². The van der Waals surface area contributed by atoms with Crippen LogP contribution in [-0.2, 0) is 12.8 Å². The molecule has 0 unspecified atom stereocenters. The summed E-state index contributed by atoms with van der Waals surface area (Å²) in [4.78, 5) is 0. The molecule has 0 spiro atoms. The predicted molar refractivity (Wildman–Crippen MR) is 76.1 cm³/mol. The van der Waals surface area contributed by atoms with Crippen molar-refractivity contribution >= 4 is 0 Å². The molecule has 0 radical (unpaired) electrons. The van der Waals surface area contributed by atoms with Crippen molar-refractivity contribution in [2.75, 3.05) is 6.61 Å². The van der Waals surface area contributed by atoms with Crippen LogP contribution in [0.5, 0.6) is 5.75 Å². The molecule has 0 amide bonds. The third kappa shape index (κ3) is 3.92. The van der Waals surface area contributed by atoms with Crippen molar-refractivity contribution in [1.29, 1.82) is 0 Å². The van der Waals surface area contributed by atoms with Crippen molar-refractivity contribution < 1.29 is 4.74 Å². The van der Waals surface area contributed by atoms with E-state index in [1.165, 1.54) is 11.1 Å². The lowest BCUT2D eigenvalue weighted by Crippen LogP contribution is -1.99. The summed E-state index contributed by atoms with van der Waals surface area (Å²) in [5.41, 5.74) is 2.82. The zero-order chi connectivity index (χ0) is 12.6. The fraction of sp³-hybridized carbons (Fsp3) is 0.294. The first-order chi connectivity index (χ1) is 8.88. The van der Waals surface area contributed by atoms with Crippen LogP contribution in [0.1, 0.15) is 24.5 Å². The summed E-state index contributed by atoms with van der Waals surface area (Å²) >= 11 is 0. The number of para-hydroxylation sites is 1. The lowest BCUT2D eigenvalue weighted by atomic mass is 10.1. The number of aryl methyl sites for hydroxylation is 2. The first-order valence-corrected chi connectivity index (χ1v) is 6.64. The highest BCUT2D eigenvalue weighted by molar-refractivity contribution is 5.23. The van der Waals surface area contributed by atoms with Crippen LogP contribution in [0.15, 0.2) is 54.6 Å². The Morgan fingerprint density at radius 1 is 0.889 bits per heavy atom. The lowest BCUT2D eigenvalue weighted by Gasteiger charge is -2.06. The highest BCUT2D eigenvalue weighted by Crippen LogP contribution is 2.11. The highest BCUT2D eigenvalue weighted by Gasteiger charge is 1.96. The number of ether oxygens (including phenoxy) is 1. The lowest BCUT2D eigenvalue weighted by molar-refractivity contribution is 0.311. The van der Waals surface area contributed by atoms with Crippen LogP contribution >= 0.6 is 0 Å². The maximum Gasteiger partial charge on any atom is 0.119 e. The Morgan fingerprint density at radius 3 is 2.44 bits per heavy atom. The molecule has 0 aliphatic carbocycles. The minimum Gasteiger partial charge on any atom is -0.494 e. The minimum absolute atomic E-state index is 0.778. The maximum atomic E-state index is 5.68. The van der Waals surface area contributed by atoms with E-state index in [0.29, 0.717) is 0 Å². The van der Waals surface area contributed by atoms with E-state index in [4.69, 9.17) is 4.74 Å². The zero-order valence-electron chi connectivity index (χ0n) is 10.9. The van der Waals surface area contributed by atoms with E-state index in [1.807, 2.05) is 30.3 Å². The molecule has 0 aliphatic rings. The van der Waals surface area contributed by atoms with Gasteiger partial charge in [0.25, 0.3) is 0 Å². The van der Waals surface area contributed by atoms with Crippen molar-refractivity contribution in [1.82, 2.24) is 0 Å². The minimum atomic E-state index is 0.778. The Morgan fingerprint density at radius 2 is 1.67 bits per heavy atom. The first kappa shape index (κ1) is 12.7. The number of hydrogen-bond acceptors (Lipinski definition) is 1.